The van der Waals surface area contributed by atoms with Gasteiger partial charge in [-0.3, -0.25) is 0 Å². The molecule has 5 rings (SSSR count). The zero-order chi connectivity index (χ0) is 22.6. The third-order valence-electron chi connectivity index (χ3n) is 6.24. The molecule has 0 unspecified atom stereocenters. The summed E-state index contributed by atoms with van der Waals surface area (Å²) < 4.78 is 7.42. The average molecular weight is 445 g/mol. The number of aromatic hydroxyl groups is 1. The molecule has 0 spiro atoms. The number of methoxy groups -OCH3 is 1. The molecular weight excluding hydrogens is 416 g/mol. The molecule has 2 N–H and O–H groups in total. The van der Waals surface area contributed by atoms with Gasteiger partial charge in [0, 0.05) is 30.4 Å². The van der Waals surface area contributed by atoms with Crippen LogP contribution in [-0.2, 0) is 6.42 Å². The van der Waals surface area contributed by atoms with Crippen LogP contribution in [0.4, 0.5) is 5.82 Å². The molecule has 3 heterocycles. The molecule has 170 valence electrons. The number of phenolic OH excluding ortho intramolecular Hbond substituents is 1. The van der Waals surface area contributed by atoms with Crippen LogP contribution < -0.4 is 10.1 Å². The highest BCUT2D eigenvalue weighted by molar-refractivity contribution is 5.85. The van der Waals surface area contributed by atoms with Crippen molar-refractivity contribution < 1.29 is 9.84 Å². The van der Waals surface area contributed by atoms with Crippen LogP contribution in [0.25, 0.3) is 22.6 Å². The minimum atomic E-state index is 0.273. The zero-order valence-corrected chi connectivity index (χ0v) is 18.7. The number of nitrogens with zero attached hydrogens (tertiary/aromatic N) is 5. The first-order valence-electron chi connectivity index (χ1n) is 11.5. The molecular formula is C25H28N6O2. The number of imidazole rings is 1. The van der Waals surface area contributed by atoms with E-state index in [4.69, 9.17) is 19.7 Å². The monoisotopic (exact) mass is 444 g/mol. The summed E-state index contributed by atoms with van der Waals surface area (Å²) in [5, 5.41) is 13.0. The topological polar surface area (TPSA) is 98.0 Å². The number of aromatic nitrogens is 5. The fourth-order valence-corrected chi connectivity index (χ4v) is 4.42. The summed E-state index contributed by atoms with van der Waals surface area (Å²) >= 11 is 0. The predicted molar refractivity (Wildman–Crippen MR) is 128 cm³/mol. The minimum absolute atomic E-state index is 0.273. The summed E-state index contributed by atoms with van der Waals surface area (Å²) in [6.45, 7) is 0.688. The van der Waals surface area contributed by atoms with Crippen molar-refractivity contribution in [2.45, 2.75) is 44.6 Å². The van der Waals surface area contributed by atoms with E-state index in [0.29, 0.717) is 24.3 Å². The number of hydrogen-bond donors (Lipinski definition) is 2. The van der Waals surface area contributed by atoms with Gasteiger partial charge in [0.1, 0.15) is 11.3 Å². The van der Waals surface area contributed by atoms with Crippen molar-refractivity contribution in [3.63, 3.8) is 0 Å². The first-order valence-corrected chi connectivity index (χ1v) is 11.5. The number of anilines is 1. The Kier molecular flexibility index (Phi) is 6.06. The number of hydrogen-bond acceptors (Lipinski definition) is 7. The quantitative estimate of drug-likeness (QED) is 0.424. The Morgan fingerprint density at radius 1 is 1.03 bits per heavy atom. The van der Waals surface area contributed by atoms with Crippen LogP contribution in [0, 0.1) is 0 Å². The highest BCUT2D eigenvalue weighted by atomic mass is 16.5. The van der Waals surface area contributed by atoms with Crippen LogP contribution >= 0.6 is 0 Å². The summed E-state index contributed by atoms with van der Waals surface area (Å²) in [7, 11) is 1.60. The summed E-state index contributed by atoms with van der Waals surface area (Å²) in [4.78, 5) is 18.8. The molecule has 0 saturated heterocycles. The first kappa shape index (κ1) is 21.2. The average Bonchev–Trinajstić information content (AvgIpc) is 3.30. The molecule has 1 saturated carbocycles. The second-order valence-corrected chi connectivity index (χ2v) is 8.44. The lowest BCUT2D eigenvalue weighted by molar-refractivity contribution is 0.358. The van der Waals surface area contributed by atoms with Gasteiger partial charge in [-0.05, 0) is 43.0 Å². The Labute approximate surface area is 192 Å². The molecule has 1 fully saturated rings. The number of ether oxygens (including phenoxy) is 1. The standard InChI is InChI=1S/C25H28N6O2/c1-33-21-12-9-18(15-27-21)23-29-24(26-14-13-17-7-10-20(32)11-8-17)22-25(30-23)31(16-28-22)19-5-3-2-4-6-19/h7-12,15-16,19,32H,2-6,13-14H2,1H3,(H,26,29,30). The fraction of sp³-hybridized carbons (Fsp3) is 0.360. The highest BCUT2D eigenvalue weighted by Crippen LogP contribution is 2.32. The maximum atomic E-state index is 9.50. The van der Waals surface area contributed by atoms with E-state index in [1.54, 1.807) is 25.4 Å². The van der Waals surface area contributed by atoms with E-state index >= 15 is 0 Å². The smallest absolute Gasteiger partial charge is 0.212 e. The van der Waals surface area contributed by atoms with Crippen molar-refractivity contribution in [2.24, 2.45) is 0 Å². The maximum Gasteiger partial charge on any atom is 0.212 e. The molecule has 33 heavy (non-hydrogen) atoms. The van der Waals surface area contributed by atoms with Crippen molar-refractivity contribution in [1.29, 1.82) is 0 Å². The lowest BCUT2D eigenvalue weighted by Gasteiger charge is -2.23. The second kappa shape index (κ2) is 9.44. The number of rotatable bonds is 7. The molecule has 1 aromatic carbocycles. The van der Waals surface area contributed by atoms with Gasteiger partial charge in [0.05, 0.1) is 13.4 Å². The van der Waals surface area contributed by atoms with Gasteiger partial charge >= 0.3 is 0 Å². The van der Waals surface area contributed by atoms with Crippen molar-refractivity contribution in [1.82, 2.24) is 24.5 Å². The number of nitrogens with one attached hydrogen (secondary N) is 1. The largest absolute Gasteiger partial charge is 0.508 e. The van der Waals surface area contributed by atoms with Crippen LogP contribution in [0.15, 0.2) is 48.9 Å². The van der Waals surface area contributed by atoms with Crippen LogP contribution in [0.3, 0.4) is 0 Å². The number of pyridine rings is 1. The zero-order valence-electron chi connectivity index (χ0n) is 18.7. The molecule has 3 aromatic heterocycles. The molecule has 8 nitrogen and oxygen atoms in total. The van der Waals surface area contributed by atoms with Gasteiger partial charge in [0.25, 0.3) is 0 Å². The second-order valence-electron chi connectivity index (χ2n) is 8.44. The first-order chi connectivity index (χ1) is 16.2. The number of fused-ring (bicyclic) bond motifs is 1. The summed E-state index contributed by atoms with van der Waals surface area (Å²) in [6, 6.07) is 11.4. The molecule has 0 bridgehead atoms. The minimum Gasteiger partial charge on any atom is -0.508 e. The Hall–Kier alpha value is -3.68. The van der Waals surface area contributed by atoms with Crippen LogP contribution in [0.2, 0.25) is 0 Å². The van der Waals surface area contributed by atoms with Gasteiger partial charge in [-0.1, -0.05) is 31.4 Å². The lowest BCUT2D eigenvalue weighted by atomic mass is 9.95. The normalized spacial score (nSPS) is 14.5. The molecule has 0 radical (unpaired) electrons. The van der Waals surface area contributed by atoms with Gasteiger partial charge in [-0.15, -0.1) is 0 Å². The molecule has 0 amide bonds. The van der Waals surface area contributed by atoms with Gasteiger partial charge < -0.3 is 19.7 Å². The van der Waals surface area contributed by atoms with Crippen LogP contribution in [-0.4, -0.2) is 43.3 Å². The van der Waals surface area contributed by atoms with Gasteiger partial charge in [0.2, 0.25) is 5.88 Å². The van der Waals surface area contributed by atoms with E-state index in [9.17, 15) is 5.11 Å². The van der Waals surface area contributed by atoms with E-state index < -0.39 is 0 Å². The van der Waals surface area contributed by atoms with E-state index in [1.807, 2.05) is 30.6 Å². The Bertz CT molecular complexity index is 1210. The highest BCUT2D eigenvalue weighted by Gasteiger charge is 2.21. The summed E-state index contributed by atoms with van der Waals surface area (Å²) in [6.07, 6.45) is 10.5. The molecule has 0 atom stereocenters. The SMILES string of the molecule is COc1ccc(-c2nc(NCCc3ccc(O)cc3)c3ncn(C4CCCCC4)c3n2)cn1. The molecule has 1 aliphatic carbocycles. The lowest BCUT2D eigenvalue weighted by Crippen LogP contribution is -2.13. The maximum absolute atomic E-state index is 9.50. The Balaban J connectivity index is 1.48. The van der Waals surface area contributed by atoms with E-state index in [-0.39, 0.29) is 5.75 Å². The van der Waals surface area contributed by atoms with Crippen LogP contribution in [0.5, 0.6) is 11.6 Å². The van der Waals surface area contributed by atoms with Gasteiger partial charge in [0.15, 0.2) is 17.3 Å². The molecule has 8 heteroatoms. The Morgan fingerprint density at radius 2 is 1.85 bits per heavy atom. The number of phenols is 1. The van der Waals surface area contributed by atoms with Crippen molar-refractivity contribution in [2.75, 3.05) is 19.0 Å². The van der Waals surface area contributed by atoms with Gasteiger partial charge in [-0.2, -0.15) is 0 Å². The number of benzene rings is 1. The Morgan fingerprint density at radius 3 is 2.58 bits per heavy atom. The van der Waals surface area contributed by atoms with Crippen molar-refractivity contribution in [3.05, 3.63) is 54.5 Å². The van der Waals surface area contributed by atoms with Crippen molar-refractivity contribution in [3.8, 4) is 23.0 Å². The summed E-state index contributed by atoms with van der Waals surface area (Å²) in [5.41, 5.74) is 3.61. The molecule has 0 aliphatic heterocycles. The third kappa shape index (κ3) is 4.60. The van der Waals surface area contributed by atoms with E-state index in [2.05, 4.69) is 14.9 Å². The molecule has 4 aromatic rings. The van der Waals surface area contributed by atoms with Crippen LogP contribution in [0.1, 0.15) is 43.7 Å². The third-order valence-corrected chi connectivity index (χ3v) is 6.24. The summed E-state index contributed by atoms with van der Waals surface area (Å²) in [5.74, 6) is 2.16. The van der Waals surface area contributed by atoms with E-state index in [1.165, 1.54) is 19.3 Å². The van der Waals surface area contributed by atoms with E-state index in [0.717, 1.165) is 47.4 Å². The molecule has 1 aliphatic rings. The van der Waals surface area contributed by atoms with Gasteiger partial charge in [-0.25, -0.2) is 19.9 Å². The predicted octanol–water partition coefficient (Wildman–Crippen LogP) is 4.76. The fourth-order valence-electron chi connectivity index (χ4n) is 4.42. The van der Waals surface area contributed by atoms with Crippen molar-refractivity contribution >= 4 is 17.0 Å².